The number of imide groups is 1. The van der Waals surface area contributed by atoms with Gasteiger partial charge in [-0.25, -0.2) is 19.3 Å². The fourth-order valence-corrected chi connectivity index (χ4v) is 10.9. The van der Waals surface area contributed by atoms with Crippen LogP contribution in [0.2, 0.25) is 0 Å². The van der Waals surface area contributed by atoms with Crippen molar-refractivity contribution in [2.24, 2.45) is 0 Å². The highest BCUT2D eigenvalue weighted by Crippen LogP contribution is 2.58. The van der Waals surface area contributed by atoms with Crippen molar-refractivity contribution in [2.75, 3.05) is 90.7 Å². The molecule has 4 aliphatic rings. The van der Waals surface area contributed by atoms with Crippen LogP contribution in [-0.2, 0) is 91.6 Å². The van der Waals surface area contributed by atoms with Crippen LogP contribution in [-0.4, -0.2) is 194 Å². The third-order valence-corrected chi connectivity index (χ3v) is 14.5. The van der Waals surface area contributed by atoms with E-state index in [9.17, 15) is 43.3 Å². The first-order valence-corrected chi connectivity index (χ1v) is 28.2. The second-order valence-electron chi connectivity index (χ2n) is 16.5. The average molecular weight is 1140 g/mol. The Balaban J connectivity index is 0.812. The predicted molar refractivity (Wildman–Crippen MR) is 256 cm³/mol. The molecule has 4 unspecified atom stereocenters. The van der Waals surface area contributed by atoms with Crippen molar-refractivity contribution in [1.82, 2.24) is 49.4 Å². The summed E-state index contributed by atoms with van der Waals surface area (Å²) in [6.45, 7) is -8.58. The molecule has 10 atom stereocenters. The number of nitrogens with one attached hydrogen (secondary N) is 3. The van der Waals surface area contributed by atoms with E-state index in [1.807, 2.05) is 0 Å². The number of aliphatic hydroxyl groups is 1. The number of imidazole rings is 2. The van der Waals surface area contributed by atoms with Crippen LogP contribution in [0.25, 0.3) is 22.3 Å². The molecule has 37 heteroatoms. The number of thiol groups is 1. The molecule has 33 nitrogen and oxygen atoms in total. The molecule has 9 N–H and O–H groups in total. The van der Waals surface area contributed by atoms with Crippen LogP contribution >= 0.6 is 25.8 Å². The fourth-order valence-electron chi connectivity index (χ4n) is 7.94. The molecule has 0 radical (unpaired) electrons. The normalized spacial score (nSPS) is 28.3. The smallest absolute Gasteiger partial charge is 0.386 e. The van der Waals surface area contributed by atoms with Gasteiger partial charge in [-0.05, 0) is 11.8 Å². The van der Waals surface area contributed by atoms with E-state index in [-0.39, 0.29) is 126 Å². The van der Waals surface area contributed by atoms with Crippen molar-refractivity contribution in [3.8, 4) is 0 Å². The fraction of sp³-hybridized carbons (Fsp3) is 0.632. The minimum atomic E-state index is -4.50. The molecule has 4 aliphatic heterocycles. The van der Waals surface area contributed by atoms with Gasteiger partial charge >= 0.3 is 19.5 Å². The second kappa shape index (κ2) is 25.0. The number of aromatic nitrogens is 8. The van der Waals surface area contributed by atoms with Gasteiger partial charge in [-0.1, -0.05) is 12.2 Å². The SMILES string of the molecule is Nc1nc2c(ncn2[C@@H]2O[C@@H]3COP(O)(=S)O[C@@H]4C(NC(=O)CCOCCOCCOCCOCCOCCC(=O)ON5C(=O)CCC5=O)[C@H](n5cnc6c(=O)[nH]c(N)nc65)O[C@@H]4COP(=O)(S)O[C@@H]3C2O)c(=O)[nH]1. The van der Waals surface area contributed by atoms with Crippen LogP contribution in [0, 0.1) is 0 Å². The van der Waals surface area contributed by atoms with Gasteiger partial charge in [0.05, 0.1) is 98.4 Å². The molecule has 0 aliphatic carbocycles. The van der Waals surface area contributed by atoms with Crippen LogP contribution in [0.4, 0.5) is 11.9 Å². The summed E-state index contributed by atoms with van der Waals surface area (Å²) in [6, 6.07) is -1.31. The van der Waals surface area contributed by atoms with E-state index in [1.165, 1.54) is 15.5 Å². The quantitative estimate of drug-likeness (QED) is 0.0176. The largest absolute Gasteiger partial charge is 0.386 e. The number of hydrogen-bond acceptors (Lipinski definition) is 27. The van der Waals surface area contributed by atoms with Gasteiger partial charge in [-0.15, -0.1) is 5.06 Å². The lowest BCUT2D eigenvalue weighted by Crippen LogP contribution is -2.48. The van der Waals surface area contributed by atoms with Gasteiger partial charge in [-0.2, -0.15) is 9.97 Å². The van der Waals surface area contributed by atoms with Crippen molar-refractivity contribution in [2.45, 2.75) is 74.7 Å². The van der Waals surface area contributed by atoms with Crippen LogP contribution in [0.3, 0.4) is 0 Å². The Morgan fingerprint density at radius 3 is 1.79 bits per heavy atom. The van der Waals surface area contributed by atoms with E-state index in [2.05, 4.69) is 47.5 Å². The van der Waals surface area contributed by atoms with E-state index in [4.69, 9.17) is 79.4 Å². The molecular weight excluding hydrogens is 1090 g/mol. The molecule has 8 rings (SSSR count). The number of carbonyl (C=O) groups excluding carboxylic acids is 4. The third-order valence-electron chi connectivity index (χ3n) is 11.4. The molecule has 412 valence electrons. The van der Waals surface area contributed by atoms with E-state index in [0.717, 1.165) is 6.33 Å². The number of aliphatic hydroxyl groups excluding tert-OH is 1. The number of rotatable bonds is 22. The van der Waals surface area contributed by atoms with E-state index in [0.29, 0.717) is 5.06 Å². The lowest BCUT2D eigenvalue weighted by atomic mass is 10.1. The molecular formula is C38H52N12O21P2S2. The number of nitrogens with zero attached hydrogens (tertiary/aromatic N) is 7. The summed E-state index contributed by atoms with van der Waals surface area (Å²) in [5, 5.41) is 14.8. The second-order valence-corrected chi connectivity index (χ2v) is 22.2. The van der Waals surface area contributed by atoms with Crippen molar-refractivity contribution in [3.63, 3.8) is 0 Å². The van der Waals surface area contributed by atoms with Crippen LogP contribution < -0.4 is 27.9 Å². The van der Waals surface area contributed by atoms with Gasteiger partial charge in [0.15, 0.2) is 34.8 Å². The van der Waals surface area contributed by atoms with E-state index in [1.54, 1.807) is 0 Å². The van der Waals surface area contributed by atoms with Gasteiger partial charge in [0.1, 0.15) is 36.6 Å². The predicted octanol–water partition coefficient (Wildman–Crippen LogP) is -2.40. The Labute approximate surface area is 432 Å². The van der Waals surface area contributed by atoms with Gasteiger partial charge < -0.3 is 73.8 Å². The number of carbonyl (C=O) groups is 4. The first-order chi connectivity index (χ1) is 35.9. The van der Waals surface area contributed by atoms with Crippen LogP contribution in [0.5, 0.6) is 0 Å². The van der Waals surface area contributed by atoms with Crippen molar-refractivity contribution < 1.29 is 89.8 Å². The van der Waals surface area contributed by atoms with Crippen LogP contribution in [0.15, 0.2) is 22.2 Å². The molecule has 75 heavy (non-hydrogen) atoms. The number of hydroxylamine groups is 2. The maximum Gasteiger partial charge on any atom is 0.386 e. The molecule has 0 spiro atoms. The molecule has 4 fully saturated rings. The summed E-state index contributed by atoms with van der Waals surface area (Å²) in [6.07, 6.45) is -8.12. The number of anilines is 2. The highest BCUT2D eigenvalue weighted by atomic mass is 32.7. The first kappa shape index (κ1) is 56.3. The minimum absolute atomic E-state index is 0.00819. The molecule has 8 heterocycles. The van der Waals surface area contributed by atoms with Gasteiger partial charge in [-0.3, -0.25) is 52.1 Å². The van der Waals surface area contributed by atoms with Gasteiger partial charge in [0.2, 0.25) is 17.8 Å². The molecule has 4 aromatic rings. The molecule has 4 aromatic heterocycles. The Hall–Kier alpha value is -4.91. The topological polar surface area (TPSA) is 431 Å². The van der Waals surface area contributed by atoms with Crippen molar-refractivity contribution in [3.05, 3.63) is 33.4 Å². The lowest BCUT2D eigenvalue weighted by molar-refractivity contribution is -0.198. The number of ether oxygens (including phenoxy) is 7. The minimum Gasteiger partial charge on any atom is -0.386 e. The number of H-pyrrole nitrogens is 2. The van der Waals surface area contributed by atoms with Crippen LogP contribution in [0.1, 0.15) is 38.1 Å². The molecule has 0 bridgehead atoms. The maximum absolute atomic E-state index is 13.9. The number of amides is 3. The number of nitrogens with two attached hydrogens (primary N) is 2. The highest BCUT2D eigenvalue weighted by molar-refractivity contribution is 8.44. The Kier molecular flexibility index (Phi) is 18.8. The average Bonchev–Trinajstić information content (AvgIpc) is 4.19. The zero-order chi connectivity index (χ0) is 53.4. The Morgan fingerprint density at radius 1 is 0.747 bits per heavy atom. The molecule has 4 saturated heterocycles. The summed E-state index contributed by atoms with van der Waals surface area (Å²) in [5.74, 6) is -3.01. The van der Waals surface area contributed by atoms with Crippen molar-refractivity contribution in [1.29, 1.82) is 0 Å². The summed E-state index contributed by atoms with van der Waals surface area (Å²) < 4.78 is 79.3. The molecule has 3 amide bonds. The van der Waals surface area contributed by atoms with Gasteiger partial charge in [0.25, 0.3) is 22.9 Å². The highest BCUT2D eigenvalue weighted by Gasteiger charge is 2.54. The molecule has 0 saturated carbocycles. The summed E-state index contributed by atoms with van der Waals surface area (Å²) in [4.78, 5) is 111. The molecule has 0 aromatic carbocycles. The zero-order valence-electron chi connectivity index (χ0n) is 39.3. The number of hydrogen-bond donors (Lipinski definition) is 8. The number of nitrogen functional groups attached to an aromatic ring is 2. The summed E-state index contributed by atoms with van der Waals surface area (Å²) >= 11 is 9.60. The monoisotopic (exact) mass is 1140 g/mol. The third kappa shape index (κ3) is 14.2. The number of fused-ring (bicyclic) bond motifs is 4. The number of aromatic amines is 2. The lowest BCUT2D eigenvalue weighted by Gasteiger charge is -2.31. The van der Waals surface area contributed by atoms with Crippen molar-refractivity contribution >= 4 is 95.5 Å². The summed E-state index contributed by atoms with van der Waals surface area (Å²) in [7, 11) is 0. The Morgan fingerprint density at radius 2 is 1.23 bits per heavy atom. The first-order valence-electron chi connectivity index (χ1n) is 22.9. The maximum atomic E-state index is 13.9. The standard InChI is InChI=1S/C38H52N12O21P2S2/c39-37-44-31-26(33(56)46-37)41-17-48(31)35-25(43-21(51)3-5-60-7-9-62-11-13-64-14-12-63-10-8-61-6-4-24(54)69-50-22(52)1-2-23(50)53)29-19(67-35)15-65-73(59,75)71-30-20(16-66-72(58,74)70-29)68-36(28(30)55)49-18-42-27-32(49)45-38(40)47-34(27)57/h17-20,25,28-30,35-36,55H,1-16H2,(H,43,51)(H,58,74)(H,59,75)(H3,39,44,46,56)(H3,40,45,47,57)/t19-,20-,25?,28?,29+,30+,35-,36-,72?,73?/m1/s1. The van der Waals surface area contributed by atoms with Gasteiger partial charge in [0, 0.05) is 19.3 Å². The Bertz CT molecular complexity index is 2910. The zero-order valence-corrected chi connectivity index (χ0v) is 42.8. The van der Waals surface area contributed by atoms with E-state index >= 15 is 0 Å². The summed E-state index contributed by atoms with van der Waals surface area (Å²) in [5.41, 5.74) is 9.84. The van der Waals surface area contributed by atoms with E-state index < -0.39 is 111 Å².